The summed E-state index contributed by atoms with van der Waals surface area (Å²) in [6.45, 7) is 1.53. The molecular formula is C20H22N2O3S. The van der Waals surface area contributed by atoms with E-state index in [1.807, 2.05) is 40.6 Å². The number of carbonyl (C=O) groups is 1. The van der Waals surface area contributed by atoms with Gasteiger partial charge in [0.25, 0.3) is 0 Å². The van der Waals surface area contributed by atoms with Crippen molar-refractivity contribution in [2.75, 3.05) is 19.7 Å². The van der Waals surface area contributed by atoms with E-state index in [-0.39, 0.29) is 36.1 Å². The van der Waals surface area contributed by atoms with Gasteiger partial charge in [0.15, 0.2) is 0 Å². The Hall–Kier alpha value is -1.76. The maximum Gasteiger partial charge on any atom is 0.228 e. The van der Waals surface area contributed by atoms with E-state index in [2.05, 4.69) is 4.98 Å². The standard InChI is InChI=1S/C20H22N2O3S/c23-10-15-16-9-22(12-20(16)7-6-17(15)25-20)18(24)8-14-11-26-19(21-14)13-4-2-1-3-5-13/h1-5,11,15-17,23H,6-10,12H2/t15-,16+,17+,20+/m1/s1. The first-order valence-electron chi connectivity index (χ1n) is 9.25. The van der Waals surface area contributed by atoms with Crippen molar-refractivity contribution in [3.8, 4) is 10.6 Å². The monoisotopic (exact) mass is 370 g/mol. The van der Waals surface area contributed by atoms with Crippen molar-refractivity contribution in [3.63, 3.8) is 0 Å². The van der Waals surface area contributed by atoms with E-state index < -0.39 is 0 Å². The fraction of sp³-hybridized carbons (Fsp3) is 0.500. The third-order valence-electron chi connectivity index (χ3n) is 6.25. The van der Waals surface area contributed by atoms with Gasteiger partial charge in [-0.3, -0.25) is 4.79 Å². The molecule has 0 radical (unpaired) electrons. The number of carbonyl (C=O) groups excluding carboxylic acids is 1. The number of ether oxygens (including phenoxy) is 1. The minimum atomic E-state index is -0.203. The van der Waals surface area contributed by atoms with Crippen LogP contribution in [0.5, 0.6) is 0 Å². The number of rotatable bonds is 4. The first-order chi connectivity index (χ1) is 12.7. The van der Waals surface area contributed by atoms with Gasteiger partial charge >= 0.3 is 0 Å². The summed E-state index contributed by atoms with van der Waals surface area (Å²) < 4.78 is 6.21. The number of hydrogen-bond donors (Lipinski definition) is 1. The highest BCUT2D eigenvalue weighted by Crippen LogP contribution is 2.54. The summed E-state index contributed by atoms with van der Waals surface area (Å²) in [5.74, 6) is 0.582. The maximum absolute atomic E-state index is 12.8. The van der Waals surface area contributed by atoms with Gasteiger partial charge in [-0.05, 0) is 12.8 Å². The first kappa shape index (κ1) is 16.4. The Kier molecular flexibility index (Phi) is 3.88. The predicted octanol–water partition coefficient (Wildman–Crippen LogP) is 2.35. The van der Waals surface area contributed by atoms with Crippen molar-refractivity contribution in [3.05, 3.63) is 41.4 Å². The minimum Gasteiger partial charge on any atom is -0.396 e. The number of nitrogens with zero attached hydrogens (tertiary/aromatic N) is 2. The first-order valence-corrected chi connectivity index (χ1v) is 10.1. The van der Waals surface area contributed by atoms with Crippen molar-refractivity contribution >= 4 is 17.2 Å². The molecule has 2 bridgehead atoms. The van der Waals surface area contributed by atoms with Crippen LogP contribution in [0.15, 0.2) is 35.7 Å². The quantitative estimate of drug-likeness (QED) is 0.897. The highest BCUT2D eigenvalue weighted by atomic mass is 32.1. The molecule has 6 heteroatoms. The molecule has 3 saturated heterocycles. The lowest BCUT2D eigenvalue weighted by atomic mass is 9.74. The zero-order valence-corrected chi connectivity index (χ0v) is 15.3. The molecule has 1 aromatic heterocycles. The van der Waals surface area contributed by atoms with E-state index in [0.29, 0.717) is 19.5 Å². The van der Waals surface area contributed by atoms with Gasteiger partial charge in [0.05, 0.1) is 30.4 Å². The topological polar surface area (TPSA) is 62.7 Å². The molecule has 1 aromatic carbocycles. The zero-order valence-electron chi connectivity index (χ0n) is 14.5. The molecule has 0 unspecified atom stereocenters. The van der Waals surface area contributed by atoms with E-state index in [4.69, 9.17) is 4.74 Å². The average Bonchev–Trinajstić information content (AvgIpc) is 3.41. The third-order valence-corrected chi connectivity index (χ3v) is 7.19. The third kappa shape index (κ3) is 2.51. The summed E-state index contributed by atoms with van der Waals surface area (Å²) in [6, 6.07) is 10.1. The van der Waals surface area contributed by atoms with E-state index in [1.165, 1.54) is 0 Å². The molecule has 1 amide bonds. The van der Waals surface area contributed by atoms with Crippen molar-refractivity contribution in [2.45, 2.75) is 31.0 Å². The van der Waals surface area contributed by atoms with Gasteiger partial charge in [-0.15, -0.1) is 11.3 Å². The van der Waals surface area contributed by atoms with Crippen LogP contribution in [0.2, 0.25) is 0 Å². The largest absolute Gasteiger partial charge is 0.396 e. The predicted molar refractivity (Wildman–Crippen MR) is 98.7 cm³/mol. The van der Waals surface area contributed by atoms with E-state index in [1.54, 1.807) is 11.3 Å². The lowest BCUT2D eigenvalue weighted by Crippen LogP contribution is -2.38. The van der Waals surface area contributed by atoms with Gasteiger partial charge in [0.2, 0.25) is 5.91 Å². The molecular weight excluding hydrogens is 348 g/mol. The second kappa shape index (κ2) is 6.15. The lowest BCUT2D eigenvalue weighted by molar-refractivity contribution is -0.131. The Morgan fingerprint density at radius 3 is 3.04 bits per heavy atom. The van der Waals surface area contributed by atoms with Crippen LogP contribution in [0.3, 0.4) is 0 Å². The Labute approximate surface area is 156 Å². The van der Waals surface area contributed by atoms with Crippen LogP contribution in [0.1, 0.15) is 18.5 Å². The minimum absolute atomic E-state index is 0.113. The Balaban J connectivity index is 1.28. The number of likely N-dealkylation sites (tertiary alicyclic amines) is 1. The molecule has 3 fully saturated rings. The van der Waals surface area contributed by atoms with Gasteiger partial charge < -0.3 is 14.7 Å². The van der Waals surface area contributed by atoms with Gasteiger partial charge in [-0.1, -0.05) is 30.3 Å². The molecule has 5 nitrogen and oxygen atoms in total. The van der Waals surface area contributed by atoms with Crippen LogP contribution in [0, 0.1) is 11.8 Å². The summed E-state index contributed by atoms with van der Waals surface area (Å²) in [4.78, 5) is 19.4. The van der Waals surface area contributed by atoms with Crippen LogP contribution in [-0.2, 0) is 16.0 Å². The summed E-state index contributed by atoms with van der Waals surface area (Å²) in [7, 11) is 0. The van der Waals surface area contributed by atoms with Crippen molar-refractivity contribution < 1.29 is 14.6 Å². The van der Waals surface area contributed by atoms with Gasteiger partial charge in [0.1, 0.15) is 5.01 Å². The van der Waals surface area contributed by atoms with Gasteiger partial charge in [0, 0.05) is 35.9 Å². The molecule has 1 N–H and O–H groups in total. The number of hydrogen-bond acceptors (Lipinski definition) is 5. The summed E-state index contributed by atoms with van der Waals surface area (Å²) >= 11 is 1.58. The van der Waals surface area contributed by atoms with Crippen LogP contribution in [0.4, 0.5) is 0 Å². The normalized spacial score (nSPS) is 32.2. The molecule has 2 aromatic rings. The fourth-order valence-corrected chi connectivity index (χ4v) is 5.82. The molecule has 3 aliphatic heterocycles. The molecule has 0 aliphatic carbocycles. The molecule has 4 heterocycles. The Morgan fingerprint density at radius 2 is 2.23 bits per heavy atom. The molecule has 4 atom stereocenters. The van der Waals surface area contributed by atoms with Crippen LogP contribution >= 0.6 is 11.3 Å². The number of thiazole rings is 1. The smallest absolute Gasteiger partial charge is 0.228 e. The Morgan fingerprint density at radius 1 is 1.38 bits per heavy atom. The number of benzene rings is 1. The molecule has 5 rings (SSSR count). The van der Waals surface area contributed by atoms with E-state index >= 15 is 0 Å². The maximum atomic E-state index is 12.8. The van der Waals surface area contributed by atoms with E-state index in [0.717, 1.165) is 29.1 Å². The lowest BCUT2D eigenvalue weighted by Gasteiger charge is -2.27. The van der Waals surface area contributed by atoms with Gasteiger partial charge in [-0.25, -0.2) is 4.98 Å². The number of fused-ring (bicyclic) bond motifs is 1. The second-order valence-electron chi connectivity index (χ2n) is 7.67. The SMILES string of the molecule is O=C(Cc1csc(-c2ccccc2)n1)N1C[C@H]2[C@@H](CO)[C@@H]3CC[C@@]2(C1)O3. The van der Waals surface area contributed by atoms with Crippen LogP contribution < -0.4 is 0 Å². The van der Waals surface area contributed by atoms with Crippen molar-refractivity contribution in [1.29, 1.82) is 0 Å². The van der Waals surface area contributed by atoms with Crippen LogP contribution in [-0.4, -0.2) is 52.3 Å². The molecule has 26 heavy (non-hydrogen) atoms. The number of aliphatic hydroxyl groups excluding tert-OH is 1. The highest BCUT2D eigenvalue weighted by Gasteiger charge is 2.63. The highest BCUT2D eigenvalue weighted by molar-refractivity contribution is 7.13. The average molecular weight is 370 g/mol. The Bertz CT molecular complexity index is 823. The molecule has 0 saturated carbocycles. The second-order valence-corrected chi connectivity index (χ2v) is 8.53. The number of aromatic nitrogens is 1. The molecule has 1 spiro atoms. The summed E-state index contributed by atoms with van der Waals surface area (Å²) in [5, 5.41) is 12.6. The number of aliphatic hydroxyl groups is 1. The van der Waals surface area contributed by atoms with Gasteiger partial charge in [-0.2, -0.15) is 0 Å². The molecule has 3 aliphatic rings. The van der Waals surface area contributed by atoms with Crippen molar-refractivity contribution in [2.24, 2.45) is 11.8 Å². The summed E-state index contributed by atoms with van der Waals surface area (Å²) in [5.41, 5.74) is 1.71. The zero-order chi connectivity index (χ0) is 17.7. The summed E-state index contributed by atoms with van der Waals surface area (Å²) in [6.07, 6.45) is 2.54. The van der Waals surface area contributed by atoms with E-state index in [9.17, 15) is 9.90 Å². The number of amides is 1. The van der Waals surface area contributed by atoms with Crippen molar-refractivity contribution in [1.82, 2.24) is 9.88 Å². The van der Waals surface area contributed by atoms with Crippen LogP contribution in [0.25, 0.3) is 10.6 Å². The fourth-order valence-electron chi connectivity index (χ4n) is 4.99. The molecule has 136 valence electrons.